The van der Waals surface area contributed by atoms with Crippen LogP contribution >= 0.6 is 0 Å². The lowest BCUT2D eigenvalue weighted by atomic mass is 9.69. The Morgan fingerprint density at radius 3 is 2.41 bits per heavy atom. The van der Waals surface area contributed by atoms with Crippen molar-refractivity contribution in [1.82, 2.24) is 4.90 Å². The van der Waals surface area contributed by atoms with E-state index >= 15 is 0 Å². The molecule has 0 N–H and O–H groups in total. The molecule has 1 aromatic rings. The number of hydrogen-bond acceptors (Lipinski definition) is 4. The van der Waals surface area contributed by atoms with Crippen molar-refractivity contribution in [3.05, 3.63) is 23.3 Å². The monoisotopic (exact) mass is 324 g/mol. The van der Waals surface area contributed by atoms with Crippen molar-refractivity contribution in [3.63, 3.8) is 0 Å². The third-order valence-corrected chi connectivity index (χ3v) is 5.50. The highest BCUT2D eigenvalue weighted by Gasteiger charge is 2.51. The third-order valence-electron chi connectivity index (χ3n) is 5.50. The molecule has 5 rings (SSSR count). The van der Waals surface area contributed by atoms with E-state index in [0.717, 1.165) is 31.1 Å². The van der Waals surface area contributed by atoms with Crippen molar-refractivity contribution < 1.29 is 26.6 Å². The van der Waals surface area contributed by atoms with Gasteiger partial charge in [-0.25, -0.2) is 0 Å². The molecule has 4 nitrogen and oxygen atoms in total. The van der Waals surface area contributed by atoms with Gasteiger partial charge >= 0.3 is 0 Å². The molecule has 2 bridgehead atoms. The first-order chi connectivity index (χ1) is 10.3. The van der Waals surface area contributed by atoms with Crippen molar-refractivity contribution in [2.75, 3.05) is 40.5 Å². The van der Waals surface area contributed by atoms with Gasteiger partial charge in [0.15, 0.2) is 11.5 Å². The maximum absolute atomic E-state index is 6.40. The Balaban J connectivity index is 0.00000144. The van der Waals surface area contributed by atoms with Gasteiger partial charge in [0.25, 0.3) is 0 Å². The first kappa shape index (κ1) is 15.9. The average molecular weight is 325 g/mol. The zero-order valence-corrected chi connectivity index (χ0v) is 14.0. The predicted molar refractivity (Wildman–Crippen MR) is 80.0 cm³/mol. The van der Waals surface area contributed by atoms with Gasteiger partial charge in [0.05, 0.1) is 20.8 Å². The van der Waals surface area contributed by atoms with E-state index in [4.69, 9.17) is 14.2 Å². The molecule has 0 radical (unpaired) electrons. The van der Waals surface area contributed by atoms with E-state index in [2.05, 4.69) is 17.0 Å². The lowest BCUT2D eigenvalue weighted by Crippen LogP contribution is -3.00. The van der Waals surface area contributed by atoms with Crippen molar-refractivity contribution >= 4 is 0 Å². The molecule has 3 saturated heterocycles. The summed E-state index contributed by atoms with van der Waals surface area (Å²) < 4.78 is 17.4. The van der Waals surface area contributed by atoms with Crippen LogP contribution in [0.3, 0.4) is 0 Å². The minimum Gasteiger partial charge on any atom is -1.00 e. The molecule has 122 valence electrons. The number of benzene rings is 1. The number of piperidine rings is 3. The molecule has 22 heavy (non-hydrogen) atoms. The maximum Gasteiger partial charge on any atom is 0.161 e. The Kier molecular flexibility index (Phi) is 4.27. The number of nitrogens with zero attached hydrogens (tertiary/aromatic N) is 1. The molecule has 4 aliphatic rings. The van der Waals surface area contributed by atoms with E-state index in [1.807, 2.05) is 0 Å². The first-order valence-corrected chi connectivity index (χ1v) is 7.88. The van der Waals surface area contributed by atoms with Crippen molar-refractivity contribution in [3.8, 4) is 11.5 Å². The van der Waals surface area contributed by atoms with E-state index in [9.17, 15) is 0 Å². The quantitative estimate of drug-likeness (QED) is 0.713. The molecule has 0 aromatic heterocycles. The minimum absolute atomic E-state index is 0. The minimum atomic E-state index is -0.121. The van der Waals surface area contributed by atoms with E-state index in [0.29, 0.717) is 5.92 Å². The van der Waals surface area contributed by atoms with Gasteiger partial charge in [-0.15, -0.1) is 0 Å². The molecule has 1 atom stereocenters. The summed E-state index contributed by atoms with van der Waals surface area (Å²) in [6.07, 6.45) is 3.45. The highest BCUT2D eigenvalue weighted by molar-refractivity contribution is 5.51. The summed E-state index contributed by atoms with van der Waals surface area (Å²) >= 11 is 0. The molecule has 4 aliphatic heterocycles. The van der Waals surface area contributed by atoms with E-state index < -0.39 is 0 Å². The molecule has 1 spiro atoms. The van der Waals surface area contributed by atoms with Gasteiger partial charge in [0.2, 0.25) is 0 Å². The van der Waals surface area contributed by atoms with Gasteiger partial charge < -0.3 is 31.5 Å². The van der Waals surface area contributed by atoms with Gasteiger partial charge in [-0.1, -0.05) is 0 Å². The van der Waals surface area contributed by atoms with E-state index in [1.165, 1.54) is 37.1 Å². The first-order valence-electron chi connectivity index (χ1n) is 7.88. The molecule has 0 amide bonds. The summed E-state index contributed by atoms with van der Waals surface area (Å²) in [7, 11) is 3.41. The zero-order chi connectivity index (χ0) is 14.4. The fraction of sp³-hybridized carbons (Fsp3) is 0.647. The summed E-state index contributed by atoms with van der Waals surface area (Å²) in [4.78, 5) is 2.55. The number of ether oxygens (including phenoxy) is 3. The molecule has 0 saturated carbocycles. The Hall–Kier alpha value is -0.970. The number of methoxy groups -OCH3 is 2. The molecule has 3 fully saturated rings. The fourth-order valence-electron chi connectivity index (χ4n) is 4.43. The number of rotatable bonds is 2. The van der Waals surface area contributed by atoms with Crippen LogP contribution in [-0.4, -0.2) is 45.4 Å². The van der Waals surface area contributed by atoms with Gasteiger partial charge in [-0.05, 0) is 61.5 Å². The molecular weight excluding hydrogens is 302 g/mol. The topological polar surface area (TPSA) is 30.9 Å². The maximum atomic E-state index is 6.40. The molecule has 5 heteroatoms. The summed E-state index contributed by atoms with van der Waals surface area (Å²) in [6.45, 7) is 4.28. The van der Waals surface area contributed by atoms with E-state index in [1.54, 1.807) is 14.2 Å². The van der Waals surface area contributed by atoms with Crippen molar-refractivity contribution in [2.24, 2.45) is 5.92 Å². The van der Waals surface area contributed by atoms with Gasteiger partial charge in [-0.2, -0.15) is 0 Å². The highest BCUT2D eigenvalue weighted by atomic mass is 35.5. The lowest BCUT2D eigenvalue weighted by Gasteiger charge is -2.55. The standard InChI is InChI=1S/C17H23NO3.ClH/c1-19-15-9-12-5-8-21-17(14(12)10-16(15)20-2)11-18-6-3-13(17)4-7-18;/h9-10,13H,3-8,11H2,1-2H3;1H/p-1. The zero-order valence-electron chi connectivity index (χ0n) is 13.2. The third kappa shape index (κ3) is 2.20. The van der Waals surface area contributed by atoms with Gasteiger partial charge in [-0.3, -0.25) is 0 Å². The molecular formula is C17H23ClNO3-. The summed E-state index contributed by atoms with van der Waals surface area (Å²) in [5, 5.41) is 0. The SMILES string of the molecule is COc1cc2c(cc1OC)C1(CN3CCC1CC3)OCC2.[Cl-]. The summed E-state index contributed by atoms with van der Waals surface area (Å²) in [6, 6.07) is 4.31. The van der Waals surface area contributed by atoms with Crippen LogP contribution in [0.25, 0.3) is 0 Å². The average Bonchev–Trinajstić information content (AvgIpc) is 2.55. The van der Waals surface area contributed by atoms with Gasteiger partial charge in [0, 0.05) is 6.54 Å². The second-order valence-corrected chi connectivity index (χ2v) is 6.40. The second kappa shape index (κ2) is 5.91. The lowest BCUT2D eigenvalue weighted by molar-refractivity contribution is -0.166. The van der Waals surface area contributed by atoms with Crippen LogP contribution in [0, 0.1) is 5.92 Å². The number of fused-ring (bicyclic) bond motifs is 3. The van der Waals surface area contributed by atoms with E-state index in [-0.39, 0.29) is 18.0 Å². The summed E-state index contributed by atoms with van der Waals surface area (Å²) in [5.74, 6) is 2.28. The predicted octanol–water partition coefficient (Wildman–Crippen LogP) is -0.799. The van der Waals surface area contributed by atoms with Crippen LogP contribution in [-0.2, 0) is 16.8 Å². The summed E-state index contributed by atoms with van der Waals surface area (Å²) in [5.41, 5.74) is 2.58. The highest BCUT2D eigenvalue weighted by Crippen LogP contribution is 2.50. The molecule has 4 heterocycles. The number of hydrogen-bond donors (Lipinski definition) is 0. The van der Waals surface area contributed by atoms with Crippen molar-refractivity contribution in [1.29, 1.82) is 0 Å². The van der Waals surface area contributed by atoms with Crippen molar-refractivity contribution in [2.45, 2.75) is 24.9 Å². The number of halogens is 1. The normalized spacial score (nSPS) is 32.3. The van der Waals surface area contributed by atoms with Crippen LogP contribution in [0.2, 0.25) is 0 Å². The fourth-order valence-corrected chi connectivity index (χ4v) is 4.43. The molecule has 0 aliphatic carbocycles. The van der Waals surface area contributed by atoms with Crippen LogP contribution in [0.5, 0.6) is 11.5 Å². The van der Waals surface area contributed by atoms with Crippen LogP contribution in [0.15, 0.2) is 12.1 Å². The Morgan fingerprint density at radius 2 is 1.82 bits per heavy atom. The van der Waals surface area contributed by atoms with Crippen LogP contribution in [0.4, 0.5) is 0 Å². The smallest absolute Gasteiger partial charge is 0.161 e. The molecule has 1 unspecified atom stereocenters. The molecule has 1 aromatic carbocycles. The van der Waals surface area contributed by atoms with Crippen LogP contribution in [0.1, 0.15) is 24.0 Å². The Labute approximate surface area is 138 Å². The Bertz CT molecular complexity index is 557. The van der Waals surface area contributed by atoms with Crippen LogP contribution < -0.4 is 21.9 Å². The second-order valence-electron chi connectivity index (χ2n) is 6.40. The largest absolute Gasteiger partial charge is 1.00 e. The van der Waals surface area contributed by atoms with Gasteiger partial charge in [0.1, 0.15) is 5.60 Å². The Morgan fingerprint density at radius 1 is 1.14 bits per heavy atom.